The summed E-state index contributed by atoms with van der Waals surface area (Å²) in [6, 6.07) is 12.6. The molecular formula is C27H25BrN2O5S. The zero-order valence-electron chi connectivity index (χ0n) is 20.3. The number of carbonyl (C=O) groups excluding carboxylic acids is 1. The zero-order chi connectivity index (χ0) is 25.8. The molecule has 0 bridgehead atoms. The summed E-state index contributed by atoms with van der Waals surface area (Å²) in [7, 11) is 3.08. The quantitative estimate of drug-likeness (QED) is 0.398. The molecule has 36 heavy (non-hydrogen) atoms. The van der Waals surface area contributed by atoms with E-state index >= 15 is 0 Å². The second-order valence-corrected chi connectivity index (χ2v) is 9.69. The van der Waals surface area contributed by atoms with E-state index in [4.69, 9.17) is 14.2 Å². The number of hydrogen-bond acceptors (Lipinski definition) is 7. The summed E-state index contributed by atoms with van der Waals surface area (Å²) < 4.78 is 19.0. The summed E-state index contributed by atoms with van der Waals surface area (Å²) in [5, 5.41) is 0. The fourth-order valence-corrected chi connectivity index (χ4v) is 5.53. The molecule has 1 atom stereocenters. The monoisotopic (exact) mass is 568 g/mol. The Morgan fingerprint density at radius 2 is 1.86 bits per heavy atom. The molecule has 4 rings (SSSR count). The molecule has 7 nitrogen and oxygen atoms in total. The van der Waals surface area contributed by atoms with Gasteiger partial charge in [-0.3, -0.25) is 9.36 Å². The van der Waals surface area contributed by atoms with E-state index in [0.29, 0.717) is 42.1 Å². The van der Waals surface area contributed by atoms with Crippen LogP contribution < -0.4 is 24.4 Å². The Morgan fingerprint density at radius 1 is 1.17 bits per heavy atom. The highest BCUT2D eigenvalue weighted by Crippen LogP contribution is 2.40. The van der Waals surface area contributed by atoms with Crippen LogP contribution in [-0.2, 0) is 9.53 Å². The first kappa shape index (κ1) is 25.7. The lowest BCUT2D eigenvalue weighted by Crippen LogP contribution is -2.40. The molecular weight excluding hydrogens is 544 g/mol. The van der Waals surface area contributed by atoms with E-state index in [0.717, 1.165) is 5.56 Å². The lowest BCUT2D eigenvalue weighted by atomic mass is 9.95. The number of allylic oxidation sites excluding steroid dienone is 2. The third kappa shape index (κ3) is 4.94. The van der Waals surface area contributed by atoms with Crippen molar-refractivity contribution in [3.8, 4) is 11.5 Å². The third-order valence-electron chi connectivity index (χ3n) is 5.65. The van der Waals surface area contributed by atoms with Gasteiger partial charge in [0.05, 0.1) is 42.7 Å². The molecule has 1 aliphatic heterocycles. The van der Waals surface area contributed by atoms with Crippen molar-refractivity contribution >= 4 is 45.4 Å². The van der Waals surface area contributed by atoms with E-state index in [9.17, 15) is 9.59 Å². The number of thiazole rings is 1. The fourth-order valence-electron chi connectivity index (χ4n) is 3.99. The second kappa shape index (κ2) is 11.1. The first-order valence-electron chi connectivity index (χ1n) is 11.2. The Kier molecular flexibility index (Phi) is 7.91. The van der Waals surface area contributed by atoms with Gasteiger partial charge in [-0.05, 0) is 43.2 Å². The van der Waals surface area contributed by atoms with Gasteiger partial charge in [0.15, 0.2) is 16.3 Å². The van der Waals surface area contributed by atoms with Crippen molar-refractivity contribution in [2.45, 2.75) is 19.9 Å². The van der Waals surface area contributed by atoms with E-state index in [-0.39, 0.29) is 12.2 Å². The van der Waals surface area contributed by atoms with Crippen LogP contribution in [0.3, 0.4) is 0 Å². The fraction of sp³-hybridized carbons (Fsp3) is 0.222. The minimum atomic E-state index is -0.769. The lowest BCUT2D eigenvalue weighted by molar-refractivity contribution is -0.139. The highest BCUT2D eigenvalue weighted by molar-refractivity contribution is 9.10. The molecule has 186 valence electrons. The molecule has 0 spiro atoms. The maximum absolute atomic E-state index is 13.7. The van der Waals surface area contributed by atoms with Crippen molar-refractivity contribution in [3.05, 3.63) is 95.1 Å². The molecule has 0 saturated heterocycles. The summed E-state index contributed by atoms with van der Waals surface area (Å²) in [6.45, 7) is 3.69. The minimum Gasteiger partial charge on any atom is -0.493 e. The smallest absolute Gasteiger partial charge is 0.338 e. The molecule has 0 N–H and O–H groups in total. The minimum absolute atomic E-state index is 0.199. The highest BCUT2D eigenvalue weighted by Gasteiger charge is 2.35. The molecule has 3 aromatic rings. The van der Waals surface area contributed by atoms with Crippen LogP contribution in [0, 0.1) is 0 Å². The normalized spacial score (nSPS) is 15.6. The number of fused-ring (bicyclic) bond motifs is 1. The van der Waals surface area contributed by atoms with Crippen LogP contribution in [0.15, 0.2) is 74.1 Å². The summed E-state index contributed by atoms with van der Waals surface area (Å²) in [5.74, 6) is 0.468. The van der Waals surface area contributed by atoms with Crippen molar-refractivity contribution in [2.75, 3.05) is 20.8 Å². The SMILES string of the molecule is CCOC(=O)C1=C(C)N=c2s/c(=C/C=C/c3ccccc3)c(=O)n2[C@@H]1c1cc(OC)c(OC)cc1Br. The summed E-state index contributed by atoms with van der Waals surface area (Å²) in [6.07, 6.45) is 5.53. The third-order valence-corrected chi connectivity index (χ3v) is 7.34. The maximum atomic E-state index is 13.7. The first-order chi connectivity index (χ1) is 17.4. The Bertz CT molecular complexity index is 1540. The van der Waals surface area contributed by atoms with Gasteiger partial charge in [0, 0.05) is 4.47 Å². The van der Waals surface area contributed by atoms with Crippen molar-refractivity contribution in [1.82, 2.24) is 4.57 Å². The molecule has 0 radical (unpaired) electrons. The molecule has 0 amide bonds. The van der Waals surface area contributed by atoms with E-state index in [1.807, 2.05) is 42.5 Å². The number of benzene rings is 2. The molecule has 0 fully saturated rings. The molecule has 2 heterocycles. The maximum Gasteiger partial charge on any atom is 0.338 e. The van der Waals surface area contributed by atoms with E-state index in [1.165, 1.54) is 23.0 Å². The molecule has 1 aliphatic rings. The number of halogens is 1. The van der Waals surface area contributed by atoms with Gasteiger partial charge in [-0.2, -0.15) is 0 Å². The Morgan fingerprint density at radius 3 is 2.53 bits per heavy atom. The van der Waals surface area contributed by atoms with Gasteiger partial charge in [-0.1, -0.05) is 69.8 Å². The van der Waals surface area contributed by atoms with Gasteiger partial charge in [0.2, 0.25) is 0 Å². The Balaban J connectivity index is 1.93. The Hall–Kier alpha value is -3.43. The number of esters is 1. The highest BCUT2D eigenvalue weighted by atomic mass is 79.9. The molecule has 0 unspecified atom stereocenters. The lowest BCUT2D eigenvalue weighted by Gasteiger charge is -2.26. The van der Waals surface area contributed by atoms with Gasteiger partial charge in [-0.25, -0.2) is 9.79 Å². The van der Waals surface area contributed by atoms with E-state index < -0.39 is 12.0 Å². The van der Waals surface area contributed by atoms with Crippen LogP contribution in [-0.4, -0.2) is 31.4 Å². The molecule has 9 heteroatoms. The number of rotatable bonds is 7. The van der Waals surface area contributed by atoms with Crippen LogP contribution in [0.5, 0.6) is 11.5 Å². The topological polar surface area (TPSA) is 79.1 Å². The standard InChI is InChI=1S/C27H25BrN2O5S/c1-5-35-26(32)23-16(2)29-27-30(24(23)18-14-20(33-3)21(34-4)15-19(18)28)25(31)22(36-27)13-9-12-17-10-7-6-8-11-17/h6-15,24H,5H2,1-4H3/b12-9+,22-13+/t24-/m1/s1. The van der Waals surface area contributed by atoms with E-state index in [2.05, 4.69) is 20.9 Å². The van der Waals surface area contributed by atoms with Crippen LogP contribution in [0.2, 0.25) is 0 Å². The largest absolute Gasteiger partial charge is 0.493 e. The van der Waals surface area contributed by atoms with Crippen LogP contribution in [0.4, 0.5) is 0 Å². The summed E-state index contributed by atoms with van der Waals surface area (Å²) in [4.78, 5) is 31.9. The van der Waals surface area contributed by atoms with Gasteiger partial charge < -0.3 is 14.2 Å². The van der Waals surface area contributed by atoms with Crippen molar-refractivity contribution < 1.29 is 19.0 Å². The first-order valence-corrected chi connectivity index (χ1v) is 12.8. The van der Waals surface area contributed by atoms with Crippen LogP contribution in [0.1, 0.15) is 31.0 Å². The van der Waals surface area contributed by atoms with Crippen LogP contribution >= 0.6 is 27.3 Å². The predicted molar refractivity (Wildman–Crippen MR) is 144 cm³/mol. The number of methoxy groups -OCH3 is 2. The Labute approximate surface area is 220 Å². The number of aromatic nitrogens is 1. The second-order valence-electron chi connectivity index (χ2n) is 7.82. The molecule has 1 aromatic heterocycles. The number of nitrogens with zero attached hydrogens (tertiary/aromatic N) is 2. The van der Waals surface area contributed by atoms with Crippen molar-refractivity contribution in [2.24, 2.45) is 4.99 Å². The van der Waals surface area contributed by atoms with Crippen molar-refractivity contribution in [3.63, 3.8) is 0 Å². The summed E-state index contributed by atoms with van der Waals surface area (Å²) in [5.41, 5.74) is 2.21. The number of carbonyl (C=O) groups is 1. The van der Waals surface area contributed by atoms with Gasteiger partial charge in [-0.15, -0.1) is 0 Å². The number of ether oxygens (including phenoxy) is 3. The average molecular weight is 569 g/mol. The van der Waals surface area contributed by atoms with E-state index in [1.54, 1.807) is 39.2 Å². The van der Waals surface area contributed by atoms with Gasteiger partial charge >= 0.3 is 5.97 Å². The molecule has 0 saturated carbocycles. The van der Waals surface area contributed by atoms with Gasteiger partial charge in [0.1, 0.15) is 0 Å². The van der Waals surface area contributed by atoms with Gasteiger partial charge in [0.25, 0.3) is 5.56 Å². The molecule has 2 aromatic carbocycles. The molecule has 0 aliphatic carbocycles. The average Bonchev–Trinajstić information content (AvgIpc) is 3.18. The summed E-state index contributed by atoms with van der Waals surface area (Å²) >= 11 is 4.87. The number of hydrogen-bond donors (Lipinski definition) is 0. The predicted octanol–water partition coefficient (Wildman–Crippen LogP) is 4.24. The zero-order valence-corrected chi connectivity index (χ0v) is 22.7. The van der Waals surface area contributed by atoms with Crippen LogP contribution in [0.25, 0.3) is 12.2 Å². The van der Waals surface area contributed by atoms with Crippen molar-refractivity contribution in [1.29, 1.82) is 0 Å².